The second kappa shape index (κ2) is 3.57. The highest BCUT2D eigenvalue weighted by Crippen LogP contribution is 2.29. The van der Waals surface area contributed by atoms with Crippen molar-refractivity contribution >= 4 is 11.9 Å². The lowest BCUT2D eigenvalue weighted by Crippen LogP contribution is -2.52. The summed E-state index contributed by atoms with van der Waals surface area (Å²) in [5.74, 6) is -2.26. The number of carboxylic acid groups (broad SMARTS) is 1. The van der Waals surface area contributed by atoms with Crippen molar-refractivity contribution in [3.63, 3.8) is 0 Å². The standard InChI is InChI=1S/C9H13NO4/c11-8(12)9(13)14-7-5-10-3-1-6(7)2-4-10/h6-7H,1-5H2,(H,11,12)/t7-/m0/s1. The van der Waals surface area contributed by atoms with Gasteiger partial charge in [-0.3, -0.25) is 4.90 Å². The van der Waals surface area contributed by atoms with Crippen LogP contribution in [0.3, 0.4) is 0 Å². The Kier molecular flexibility index (Phi) is 2.41. The summed E-state index contributed by atoms with van der Waals surface area (Å²) in [6, 6.07) is 0. The molecule has 3 saturated heterocycles. The largest absolute Gasteiger partial charge is 0.473 e. The summed E-state index contributed by atoms with van der Waals surface area (Å²) in [4.78, 5) is 23.3. The molecule has 0 aromatic heterocycles. The van der Waals surface area contributed by atoms with Gasteiger partial charge in [0.2, 0.25) is 0 Å². The second-order valence-corrected chi connectivity index (χ2v) is 3.89. The van der Waals surface area contributed by atoms with Crippen LogP contribution in [0, 0.1) is 5.92 Å². The van der Waals surface area contributed by atoms with Crippen LogP contribution in [0.4, 0.5) is 0 Å². The van der Waals surface area contributed by atoms with Gasteiger partial charge in [-0.2, -0.15) is 0 Å². The van der Waals surface area contributed by atoms with Crippen LogP contribution in [-0.4, -0.2) is 47.7 Å². The van der Waals surface area contributed by atoms with Gasteiger partial charge in [-0.1, -0.05) is 0 Å². The zero-order valence-corrected chi connectivity index (χ0v) is 7.81. The van der Waals surface area contributed by atoms with Crippen molar-refractivity contribution in [1.82, 2.24) is 4.90 Å². The summed E-state index contributed by atoms with van der Waals surface area (Å²) in [5, 5.41) is 8.39. The average molecular weight is 199 g/mol. The van der Waals surface area contributed by atoms with E-state index in [1.54, 1.807) is 0 Å². The molecule has 5 nitrogen and oxygen atoms in total. The summed E-state index contributed by atoms with van der Waals surface area (Å²) < 4.78 is 4.91. The topological polar surface area (TPSA) is 66.8 Å². The van der Waals surface area contributed by atoms with Crippen LogP contribution in [0.5, 0.6) is 0 Å². The number of nitrogens with zero attached hydrogens (tertiary/aromatic N) is 1. The molecular formula is C9H13NO4. The number of aliphatic carboxylic acids is 1. The van der Waals surface area contributed by atoms with Crippen molar-refractivity contribution < 1.29 is 19.4 Å². The van der Waals surface area contributed by atoms with Gasteiger partial charge in [0.15, 0.2) is 0 Å². The van der Waals surface area contributed by atoms with Gasteiger partial charge in [0.25, 0.3) is 0 Å². The predicted octanol–water partition coefficient (Wildman–Crippen LogP) is -0.292. The van der Waals surface area contributed by atoms with Gasteiger partial charge in [-0.25, -0.2) is 9.59 Å². The Hall–Kier alpha value is -1.10. The van der Waals surface area contributed by atoms with Gasteiger partial charge < -0.3 is 9.84 Å². The van der Waals surface area contributed by atoms with Crippen LogP contribution in [0.1, 0.15) is 12.8 Å². The van der Waals surface area contributed by atoms with Crippen LogP contribution in [0.15, 0.2) is 0 Å². The minimum atomic E-state index is -1.50. The fourth-order valence-corrected chi connectivity index (χ4v) is 2.23. The van der Waals surface area contributed by atoms with Gasteiger partial charge >= 0.3 is 11.9 Å². The lowest BCUT2D eigenvalue weighted by Gasteiger charge is -2.43. The predicted molar refractivity (Wildman–Crippen MR) is 46.7 cm³/mol. The Bertz CT molecular complexity index is 258. The summed E-state index contributed by atoms with van der Waals surface area (Å²) >= 11 is 0. The fraction of sp³-hybridized carbons (Fsp3) is 0.778. The first kappa shape index (κ1) is 9.45. The molecule has 78 valence electrons. The molecule has 3 aliphatic heterocycles. The van der Waals surface area contributed by atoms with Crippen LogP contribution in [-0.2, 0) is 14.3 Å². The molecule has 3 rings (SSSR count). The van der Waals surface area contributed by atoms with E-state index in [-0.39, 0.29) is 6.10 Å². The van der Waals surface area contributed by atoms with E-state index in [1.165, 1.54) is 0 Å². The number of piperidine rings is 3. The number of rotatable bonds is 1. The van der Waals surface area contributed by atoms with Crippen molar-refractivity contribution in [1.29, 1.82) is 0 Å². The molecule has 0 aromatic rings. The smallest absolute Gasteiger partial charge is 0.417 e. The quantitative estimate of drug-likeness (QED) is 0.464. The number of ether oxygens (including phenoxy) is 1. The Morgan fingerprint density at radius 2 is 1.93 bits per heavy atom. The van der Waals surface area contributed by atoms with Crippen molar-refractivity contribution in [3.05, 3.63) is 0 Å². The lowest BCUT2D eigenvalue weighted by molar-refractivity contribution is -0.173. The molecule has 3 heterocycles. The van der Waals surface area contributed by atoms with Gasteiger partial charge in [-0.05, 0) is 31.8 Å². The third kappa shape index (κ3) is 1.72. The molecule has 14 heavy (non-hydrogen) atoms. The minimum absolute atomic E-state index is 0.207. The molecule has 1 N–H and O–H groups in total. The first-order valence-corrected chi connectivity index (χ1v) is 4.83. The van der Waals surface area contributed by atoms with Gasteiger partial charge in [0.1, 0.15) is 6.10 Å². The highest BCUT2D eigenvalue weighted by molar-refractivity contribution is 6.28. The van der Waals surface area contributed by atoms with Gasteiger partial charge in [0, 0.05) is 6.54 Å². The van der Waals surface area contributed by atoms with E-state index in [0.717, 1.165) is 25.9 Å². The molecule has 5 heteroatoms. The maximum Gasteiger partial charge on any atom is 0.417 e. The van der Waals surface area contributed by atoms with E-state index in [4.69, 9.17) is 9.84 Å². The first-order valence-electron chi connectivity index (χ1n) is 4.83. The number of carboxylic acids is 1. The highest BCUT2D eigenvalue weighted by atomic mass is 16.6. The minimum Gasteiger partial charge on any atom is -0.473 e. The zero-order valence-electron chi connectivity index (χ0n) is 7.81. The number of carbonyl (C=O) groups excluding carboxylic acids is 1. The molecule has 0 spiro atoms. The number of hydrogen-bond acceptors (Lipinski definition) is 4. The Labute approximate surface area is 81.6 Å². The molecule has 0 aliphatic carbocycles. The monoisotopic (exact) mass is 199 g/mol. The van der Waals surface area contributed by atoms with E-state index in [0.29, 0.717) is 12.5 Å². The normalized spacial score (nSPS) is 35.3. The van der Waals surface area contributed by atoms with Crippen molar-refractivity contribution in [2.24, 2.45) is 5.92 Å². The summed E-state index contributed by atoms with van der Waals surface area (Å²) in [7, 11) is 0. The molecular weight excluding hydrogens is 186 g/mol. The molecule has 0 unspecified atom stereocenters. The number of carbonyl (C=O) groups is 2. The number of hydrogen-bond donors (Lipinski definition) is 1. The number of esters is 1. The molecule has 3 fully saturated rings. The zero-order chi connectivity index (χ0) is 10.1. The van der Waals surface area contributed by atoms with Gasteiger partial charge in [0.05, 0.1) is 0 Å². The van der Waals surface area contributed by atoms with Crippen LogP contribution in [0.2, 0.25) is 0 Å². The molecule has 0 aromatic carbocycles. The van der Waals surface area contributed by atoms with E-state index in [9.17, 15) is 9.59 Å². The Balaban J connectivity index is 1.93. The fourth-order valence-electron chi connectivity index (χ4n) is 2.23. The Morgan fingerprint density at radius 1 is 1.29 bits per heavy atom. The molecule has 1 atom stereocenters. The molecule has 3 aliphatic rings. The van der Waals surface area contributed by atoms with E-state index in [2.05, 4.69) is 4.90 Å². The van der Waals surface area contributed by atoms with Crippen molar-refractivity contribution in [2.75, 3.05) is 19.6 Å². The third-order valence-corrected chi connectivity index (χ3v) is 3.03. The molecule has 0 amide bonds. The van der Waals surface area contributed by atoms with E-state index >= 15 is 0 Å². The van der Waals surface area contributed by atoms with E-state index in [1.807, 2.05) is 0 Å². The van der Waals surface area contributed by atoms with Crippen LogP contribution >= 0.6 is 0 Å². The summed E-state index contributed by atoms with van der Waals surface area (Å²) in [6.45, 7) is 2.79. The maximum absolute atomic E-state index is 10.8. The van der Waals surface area contributed by atoms with Crippen molar-refractivity contribution in [3.8, 4) is 0 Å². The van der Waals surface area contributed by atoms with Gasteiger partial charge in [-0.15, -0.1) is 0 Å². The summed E-state index contributed by atoms with van der Waals surface area (Å²) in [5.41, 5.74) is 0. The molecule has 0 radical (unpaired) electrons. The van der Waals surface area contributed by atoms with Crippen molar-refractivity contribution in [2.45, 2.75) is 18.9 Å². The van der Waals surface area contributed by atoms with Crippen LogP contribution in [0.25, 0.3) is 0 Å². The SMILES string of the molecule is O=C(O)C(=O)O[C@H]1CN2CCC1CC2. The Morgan fingerprint density at radius 3 is 2.36 bits per heavy atom. The highest BCUT2D eigenvalue weighted by Gasteiger charge is 2.37. The first-order chi connectivity index (χ1) is 6.66. The summed E-state index contributed by atoms with van der Waals surface area (Å²) in [6.07, 6.45) is 1.82. The van der Waals surface area contributed by atoms with E-state index < -0.39 is 11.9 Å². The number of fused-ring (bicyclic) bond motifs is 3. The molecule has 0 saturated carbocycles. The third-order valence-electron chi connectivity index (χ3n) is 3.03. The second-order valence-electron chi connectivity index (χ2n) is 3.89. The van der Waals surface area contributed by atoms with Crippen LogP contribution < -0.4 is 0 Å². The maximum atomic E-state index is 10.8. The average Bonchev–Trinajstić information content (AvgIpc) is 2.19. The lowest BCUT2D eigenvalue weighted by atomic mass is 9.86. The molecule has 2 bridgehead atoms.